The first-order chi connectivity index (χ1) is 11.0. The molecule has 1 heterocycles. The van der Waals surface area contributed by atoms with E-state index in [-0.39, 0.29) is 0 Å². The van der Waals surface area contributed by atoms with Gasteiger partial charge in [0.2, 0.25) is 5.91 Å². The van der Waals surface area contributed by atoms with Crippen molar-refractivity contribution in [3.05, 3.63) is 71.7 Å². The summed E-state index contributed by atoms with van der Waals surface area (Å²) in [5.41, 5.74) is 6.90. The van der Waals surface area contributed by atoms with Gasteiger partial charge in [-0.15, -0.1) is 0 Å². The number of hydrogen-bond donors (Lipinski definition) is 3. The van der Waals surface area contributed by atoms with Gasteiger partial charge in [-0.05, 0) is 29.8 Å². The molecule has 6 heteroatoms. The van der Waals surface area contributed by atoms with E-state index >= 15 is 0 Å². The van der Waals surface area contributed by atoms with E-state index in [0.29, 0.717) is 11.3 Å². The van der Waals surface area contributed by atoms with Gasteiger partial charge in [-0.25, -0.2) is 4.39 Å². The predicted octanol–water partition coefficient (Wildman–Crippen LogP) is 2.26. The molecule has 0 fully saturated rings. The molecule has 5 nitrogen and oxygen atoms in total. The highest BCUT2D eigenvalue weighted by Gasteiger charge is 2.21. The molecule has 0 bridgehead atoms. The van der Waals surface area contributed by atoms with E-state index in [1.165, 1.54) is 24.3 Å². The molecule has 0 aliphatic rings. The second-order valence-corrected chi connectivity index (χ2v) is 5.13. The first-order valence-corrected chi connectivity index (χ1v) is 6.98. The molecule has 23 heavy (non-hydrogen) atoms. The minimum Gasteiger partial charge on any atom is -0.368 e. The monoisotopic (exact) mass is 311 g/mol. The van der Waals surface area contributed by atoms with Crippen LogP contribution < -0.4 is 11.1 Å². The van der Waals surface area contributed by atoms with Gasteiger partial charge in [-0.1, -0.05) is 30.3 Å². The number of nitrogens with two attached hydrogens (primary N) is 1. The van der Waals surface area contributed by atoms with E-state index in [9.17, 15) is 14.0 Å². The Bertz CT molecular complexity index is 838. The fourth-order valence-electron chi connectivity index (χ4n) is 2.38. The van der Waals surface area contributed by atoms with Crippen LogP contribution >= 0.6 is 0 Å². The molecule has 0 spiro atoms. The second kappa shape index (κ2) is 5.92. The Morgan fingerprint density at radius 3 is 2.43 bits per heavy atom. The Morgan fingerprint density at radius 2 is 1.78 bits per heavy atom. The molecule has 3 aromatic rings. The molecule has 0 aliphatic carbocycles. The van der Waals surface area contributed by atoms with Gasteiger partial charge in [0, 0.05) is 10.9 Å². The number of rotatable bonds is 4. The summed E-state index contributed by atoms with van der Waals surface area (Å²) in [5.74, 6) is -1.62. The molecule has 1 unspecified atom stereocenters. The average Bonchev–Trinajstić information content (AvgIpc) is 2.97. The van der Waals surface area contributed by atoms with E-state index in [4.69, 9.17) is 5.73 Å². The highest BCUT2D eigenvalue weighted by atomic mass is 19.1. The van der Waals surface area contributed by atoms with Gasteiger partial charge in [0.1, 0.15) is 17.6 Å². The number of carbonyl (C=O) groups excluding carboxylic acids is 2. The van der Waals surface area contributed by atoms with Crippen molar-refractivity contribution in [1.82, 2.24) is 10.3 Å². The minimum absolute atomic E-state index is 0.319. The van der Waals surface area contributed by atoms with Crippen LogP contribution in [0.4, 0.5) is 4.39 Å². The van der Waals surface area contributed by atoms with E-state index in [2.05, 4.69) is 10.3 Å². The summed E-state index contributed by atoms with van der Waals surface area (Å²) in [6, 6.07) is 13.3. The zero-order valence-corrected chi connectivity index (χ0v) is 12.0. The lowest BCUT2D eigenvalue weighted by atomic mass is 10.1. The summed E-state index contributed by atoms with van der Waals surface area (Å²) in [6.45, 7) is 0. The molecule has 2 amide bonds. The zero-order valence-electron chi connectivity index (χ0n) is 12.0. The third kappa shape index (κ3) is 3.06. The van der Waals surface area contributed by atoms with Crippen molar-refractivity contribution in [1.29, 1.82) is 0 Å². The summed E-state index contributed by atoms with van der Waals surface area (Å²) < 4.78 is 13.0. The lowest BCUT2D eigenvalue weighted by Gasteiger charge is -2.15. The summed E-state index contributed by atoms with van der Waals surface area (Å²) >= 11 is 0. The zero-order chi connectivity index (χ0) is 16.4. The van der Waals surface area contributed by atoms with Crippen LogP contribution in [0.25, 0.3) is 10.9 Å². The van der Waals surface area contributed by atoms with Crippen LogP contribution in [0.3, 0.4) is 0 Å². The fraction of sp³-hybridized carbons (Fsp3) is 0.0588. The predicted molar refractivity (Wildman–Crippen MR) is 84.1 cm³/mol. The SMILES string of the molecule is NC(=O)C(NC(=O)c1cc2ccccc2[nH]1)c1ccc(F)cc1. The third-order valence-electron chi connectivity index (χ3n) is 3.54. The standard InChI is InChI=1S/C17H14FN3O2/c18-12-7-5-10(6-8-12)15(16(19)22)21-17(23)14-9-11-3-1-2-4-13(11)20-14/h1-9,15,20H,(H2,19,22)(H,21,23). The summed E-state index contributed by atoms with van der Waals surface area (Å²) in [6.07, 6.45) is 0. The highest BCUT2D eigenvalue weighted by Crippen LogP contribution is 2.17. The molecule has 1 aromatic heterocycles. The van der Waals surface area contributed by atoms with Gasteiger partial charge in [0.15, 0.2) is 0 Å². The van der Waals surface area contributed by atoms with Crippen molar-refractivity contribution >= 4 is 22.7 Å². The van der Waals surface area contributed by atoms with E-state index < -0.39 is 23.7 Å². The van der Waals surface area contributed by atoms with E-state index in [1.54, 1.807) is 6.07 Å². The summed E-state index contributed by atoms with van der Waals surface area (Å²) in [5, 5.41) is 3.45. The van der Waals surface area contributed by atoms with Crippen LogP contribution in [-0.4, -0.2) is 16.8 Å². The van der Waals surface area contributed by atoms with Crippen molar-refractivity contribution in [3.8, 4) is 0 Å². The lowest BCUT2D eigenvalue weighted by Crippen LogP contribution is -2.37. The van der Waals surface area contributed by atoms with Crippen molar-refractivity contribution in [2.24, 2.45) is 5.73 Å². The lowest BCUT2D eigenvalue weighted by molar-refractivity contribution is -0.120. The molecular formula is C17H14FN3O2. The molecule has 2 aromatic carbocycles. The molecule has 3 rings (SSSR count). The Kier molecular flexibility index (Phi) is 3.80. The van der Waals surface area contributed by atoms with Crippen LogP contribution in [0.1, 0.15) is 22.1 Å². The van der Waals surface area contributed by atoms with Gasteiger partial charge in [0.25, 0.3) is 5.91 Å². The van der Waals surface area contributed by atoms with Crippen LogP contribution in [0.2, 0.25) is 0 Å². The average molecular weight is 311 g/mol. The third-order valence-corrected chi connectivity index (χ3v) is 3.54. The molecule has 1 atom stereocenters. The van der Waals surface area contributed by atoms with E-state index in [1.807, 2.05) is 24.3 Å². The number of aromatic nitrogens is 1. The van der Waals surface area contributed by atoms with Gasteiger partial charge in [-0.3, -0.25) is 9.59 Å². The number of hydrogen-bond acceptors (Lipinski definition) is 2. The molecule has 0 aliphatic heterocycles. The van der Waals surface area contributed by atoms with E-state index in [0.717, 1.165) is 10.9 Å². The maximum Gasteiger partial charge on any atom is 0.268 e. The number of H-pyrrole nitrogens is 1. The topological polar surface area (TPSA) is 88.0 Å². The van der Waals surface area contributed by atoms with Gasteiger partial charge in [-0.2, -0.15) is 0 Å². The number of benzene rings is 2. The Morgan fingerprint density at radius 1 is 1.09 bits per heavy atom. The van der Waals surface area contributed by atoms with Crippen LogP contribution in [-0.2, 0) is 4.79 Å². The summed E-state index contributed by atoms with van der Waals surface area (Å²) in [7, 11) is 0. The number of para-hydroxylation sites is 1. The summed E-state index contributed by atoms with van der Waals surface area (Å²) in [4.78, 5) is 26.9. The largest absolute Gasteiger partial charge is 0.368 e. The number of carbonyl (C=O) groups is 2. The molecule has 116 valence electrons. The maximum atomic E-state index is 13.0. The van der Waals surface area contributed by atoms with Gasteiger partial charge < -0.3 is 16.0 Å². The first kappa shape index (κ1) is 14.8. The fourth-order valence-corrected chi connectivity index (χ4v) is 2.38. The number of halogens is 1. The van der Waals surface area contributed by atoms with Crippen molar-refractivity contribution < 1.29 is 14.0 Å². The van der Waals surface area contributed by atoms with Crippen LogP contribution in [0, 0.1) is 5.82 Å². The Labute approximate surface area is 131 Å². The van der Waals surface area contributed by atoms with Gasteiger partial charge in [0.05, 0.1) is 0 Å². The second-order valence-electron chi connectivity index (χ2n) is 5.13. The molecule has 4 N–H and O–H groups in total. The number of amides is 2. The first-order valence-electron chi connectivity index (χ1n) is 6.98. The Hall–Kier alpha value is -3.15. The number of aromatic amines is 1. The van der Waals surface area contributed by atoms with Crippen LogP contribution in [0.5, 0.6) is 0 Å². The molecule has 0 saturated heterocycles. The van der Waals surface area contributed by atoms with Crippen LogP contribution in [0.15, 0.2) is 54.6 Å². The van der Waals surface area contributed by atoms with Gasteiger partial charge >= 0.3 is 0 Å². The van der Waals surface area contributed by atoms with Crippen molar-refractivity contribution in [2.75, 3.05) is 0 Å². The van der Waals surface area contributed by atoms with Crippen molar-refractivity contribution in [2.45, 2.75) is 6.04 Å². The number of primary amides is 1. The maximum absolute atomic E-state index is 13.0. The van der Waals surface area contributed by atoms with Crippen molar-refractivity contribution in [3.63, 3.8) is 0 Å². The highest BCUT2D eigenvalue weighted by molar-refractivity contribution is 6.00. The number of nitrogens with one attached hydrogen (secondary N) is 2. The number of fused-ring (bicyclic) bond motifs is 1. The Balaban J connectivity index is 1.86. The molecule has 0 radical (unpaired) electrons. The molecule has 0 saturated carbocycles. The smallest absolute Gasteiger partial charge is 0.268 e. The quantitative estimate of drug-likeness (QED) is 0.690. The normalized spacial score (nSPS) is 12.0. The molecular weight excluding hydrogens is 297 g/mol. The minimum atomic E-state index is -1.03.